The van der Waals surface area contributed by atoms with Gasteiger partial charge in [0.2, 0.25) is 6.17 Å². The molecule has 0 spiro atoms. The Morgan fingerprint density at radius 1 is 1.43 bits per heavy atom. The quantitative estimate of drug-likeness (QED) is 0.528. The number of hydrogen-bond acceptors (Lipinski definition) is 1. The van der Waals surface area contributed by atoms with Crippen LogP contribution < -0.4 is 0 Å². The smallest absolute Gasteiger partial charge is 0.233 e. The first-order valence-electron chi connectivity index (χ1n) is 4.39. The van der Waals surface area contributed by atoms with Gasteiger partial charge in [-0.2, -0.15) is 0 Å². The molecule has 0 saturated carbocycles. The molecule has 1 heterocycles. The van der Waals surface area contributed by atoms with Crippen LogP contribution in [0.4, 0.5) is 0 Å². The SMILES string of the molecule is CC1N=C(c2[c-]cccc2)C=[N+]1C.[Ir]. The van der Waals surface area contributed by atoms with Gasteiger partial charge in [-0.25, -0.2) is 4.58 Å². The summed E-state index contributed by atoms with van der Waals surface area (Å²) >= 11 is 0. The molecule has 1 unspecified atom stereocenters. The third kappa shape index (κ3) is 2.17. The molecule has 0 fully saturated rings. The Hall–Kier alpha value is -0.791. The van der Waals surface area contributed by atoms with Crippen LogP contribution in [0.1, 0.15) is 12.5 Å². The number of nitrogens with zero attached hydrogens (tertiary/aromatic N) is 2. The third-order valence-corrected chi connectivity index (χ3v) is 2.23. The van der Waals surface area contributed by atoms with E-state index in [1.807, 2.05) is 31.3 Å². The Morgan fingerprint density at radius 3 is 2.71 bits per heavy atom. The topological polar surface area (TPSA) is 15.4 Å². The molecule has 1 aromatic carbocycles. The minimum Gasteiger partial charge on any atom is -0.262 e. The Bertz CT molecular complexity index is 368. The van der Waals surface area contributed by atoms with E-state index in [9.17, 15) is 0 Å². The van der Waals surface area contributed by atoms with Crippen LogP contribution in [0.5, 0.6) is 0 Å². The molecule has 1 aliphatic rings. The van der Waals surface area contributed by atoms with Crippen LogP contribution in [-0.2, 0) is 20.1 Å². The van der Waals surface area contributed by atoms with Gasteiger partial charge in [0.25, 0.3) is 0 Å². The van der Waals surface area contributed by atoms with Gasteiger partial charge in [-0.3, -0.25) is 4.99 Å². The molecule has 75 valence electrons. The van der Waals surface area contributed by atoms with Crippen molar-refractivity contribution in [1.82, 2.24) is 0 Å². The van der Waals surface area contributed by atoms with Crippen molar-refractivity contribution in [2.24, 2.45) is 4.99 Å². The van der Waals surface area contributed by atoms with Crippen LogP contribution in [0.15, 0.2) is 29.3 Å². The summed E-state index contributed by atoms with van der Waals surface area (Å²) in [6.45, 7) is 2.08. The summed E-state index contributed by atoms with van der Waals surface area (Å²) in [7, 11) is 2.03. The maximum Gasteiger partial charge on any atom is 0.233 e. The van der Waals surface area contributed by atoms with E-state index in [2.05, 4.69) is 28.8 Å². The number of benzene rings is 1. The Balaban J connectivity index is 0.000000980. The van der Waals surface area contributed by atoms with Gasteiger partial charge in [-0.05, 0) is 0 Å². The zero-order valence-corrected chi connectivity index (χ0v) is 10.6. The first-order chi connectivity index (χ1) is 6.27. The molecular formula is C11H12IrN2. The Kier molecular flexibility index (Phi) is 3.73. The van der Waals surface area contributed by atoms with Crippen molar-refractivity contribution in [2.45, 2.75) is 13.1 Å². The Labute approximate surface area is 97.7 Å². The molecule has 3 heteroatoms. The molecule has 0 saturated heterocycles. The normalized spacial score (nSPS) is 19.7. The molecule has 0 aromatic heterocycles. The first kappa shape index (κ1) is 11.3. The summed E-state index contributed by atoms with van der Waals surface area (Å²) in [5.41, 5.74) is 2.09. The molecule has 0 amide bonds. The van der Waals surface area contributed by atoms with E-state index >= 15 is 0 Å². The van der Waals surface area contributed by atoms with Crippen molar-refractivity contribution in [1.29, 1.82) is 0 Å². The molecule has 0 bridgehead atoms. The van der Waals surface area contributed by atoms with Crippen molar-refractivity contribution < 1.29 is 24.7 Å². The summed E-state index contributed by atoms with van der Waals surface area (Å²) in [6.07, 6.45) is 2.31. The molecule has 1 aromatic rings. The van der Waals surface area contributed by atoms with Gasteiger partial charge >= 0.3 is 0 Å². The van der Waals surface area contributed by atoms with Gasteiger partial charge in [0.05, 0.1) is 5.71 Å². The molecule has 1 atom stereocenters. The predicted octanol–water partition coefficient (Wildman–Crippen LogP) is 1.35. The average molecular weight is 364 g/mol. The minimum absolute atomic E-state index is 0. The van der Waals surface area contributed by atoms with Crippen LogP contribution in [0.2, 0.25) is 0 Å². The fourth-order valence-corrected chi connectivity index (χ4v) is 1.32. The van der Waals surface area contributed by atoms with Gasteiger partial charge in [0.1, 0.15) is 13.3 Å². The van der Waals surface area contributed by atoms with E-state index in [1.54, 1.807) is 0 Å². The molecule has 2 nitrogen and oxygen atoms in total. The van der Waals surface area contributed by atoms with E-state index < -0.39 is 0 Å². The van der Waals surface area contributed by atoms with Gasteiger partial charge in [0, 0.05) is 27.0 Å². The van der Waals surface area contributed by atoms with Crippen molar-refractivity contribution in [3.63, 3.8) is 0 Å². The second-order valence-electron chi connectivity index (χ2n) is 3.22. The number of rotatable bonds is 1. The number of hydrogen-bond donors (Lipinski definition) is 0. The monoisotopic (exact) mass is 365 g/mol. The van der Waals surface area contributed by atoms with E-state index in [-0.39, 0.29) is 26.3 Å². The second-order valence-corrected chi connectivity index (χ2v) is 3.22. The van der Waals surface area contributed by atoms with Crippen molar-refractivity contribution in [3.05, 3.63) is 35.9 Å². The predicted molar refractivity (Wildman–Crippen MR) is 53.5 cm³/mol. The molecule has 2 rings (SSSR count). The van der Waals surface area contributed by atoms with Crippen LogP contribution in [0.3, 0.4) is 0 Å². The summed E-state index contributed by atoms with van der Waals surface area (Å²) in [6, 6.07) is 11.1. The van der Waals surface area contributed by atoms with Crippen molar-refractivity contribution >= 4 is 11.9 Å². The molecule has 1 radical (unpaired) electrons. The van der Waals surface area contributed by atoms with Crippen LogP contribution in [0, 0.1) is 6.07 Å². The second kappa shape index (κ2) is 4.63. The maximum atomic E-state index is 4.50. The fraction of sp³-hybridized carbons (Fsp3) is 0.273. The maximum absolute atomic E-state index is 4.50. The van der Waals surface area contributed by atoms with Crippen LogP contribution in [0.25, 0.3) is 0 Å². The fourth-order valence-electron chi connectivity index (χ4n) is 1.32. The van der Waals surface area contributed by atoms with Gasteiger partial charge < -0.3 is 0 Å². The van der Waals surface area contributed by atoms with Gasteiger partial charge in [-0.1, -0.05) is 0 Å². The summed E-state index contributed by atoms with van der Waals surface area (Å²) in [5.74, 6) is 0. The van der Waals surface area contributed by atoms with Crippen molar-refractivity contribution in [3.8, 4) is 0 Å². The zero-order chi connectivity index (χ0) is 9.26. The van der Waals surface area contributed by atoms with E-state index in [4.69, 9.17) is 0 Å². The third-order valence-electron chi connectivity index (χ3n) is 2.23. The molecule has 0 N–H and O–H groups in total. The van der Waals surface area contributed by atoms with Crippen molar-refractivity contribution in [2.75, 3.05) is 7.05 Å². The first-order valence-corrected chi connectivity index (χ1v) is 4.39. The van der Waals surface area contributed by atoms with Crippen LogP contribution >= 0.6 is 0 Å². The van der Waals surface area contributed by atoms with E-state index in [0.717, 1.165) is 11.3 Å². The van der Waals surface area contributed by atoms with E-state index in [1.165, 1.54) is 0 Å². The summed E-state index contributed by atoms with van der Waals surface area (Å²) in [5, 5.41) is 0. The standard InChI is InChI=1S/C11H12N2.Ir/c1-9-12-11(8-13(9)2)10-6-4-3-5-7-10;/h3-6,8-9H,1-2H3;. The average Bonchev–Trinajstić information content (AvgIpc) is 2.49. The largest absolute Gasteiger partial charge is 0.262 e. The number of aliphatic imine (C=N–C) groups is 1. The zero-order valence-electron chi connectivity index (χ0n) is 8.19. The summed E-state index contributed by atoms with van der Waals surface area (Å²) in [4.78, 5) is 4.50. The van der Waals surface area contributed by atoms with Gasteiger partial charge in [-0.15, -0.1) is 35.9 Å². The van der Waals surface area contributed by atoms with E-state index in [0.29, 0.717) is 0 Å². The molecule has 14 heavy (non-hydrogen) atoms. The summed E-state index contributed by atoms with van der Waals surface area (Å²) < 4.78 is 2.09. The molecule has 0 aliphatic carbocycles. The molecular weight excluding hydrogens is 352 g/mol. The van der Waals surface area contributed by atoms with Crippen LogP contribution in [-0.4, -0.2) is 29.7 Å². The minimum atomic E-state index is 0. The van der Waals surface area contributed by atoms with Gasteiger partial charge in [0.15, 0.2) is 0 Å². The molecule has 1 aliphatic heterocycles. The Morgan fingerprint density at radius 2 is 2.21 bits per heavy atom.